The minimum absolute atomic E-state index is 0.205. The van der Waals surface area contributed by atoms with E-state index in [1.807, 2.05) is 0 Å². The average Bonchev–Trinajstić information content (AvgIpc) is 2.63. The molecule has 0 radical (unpaired) electrons. The first-order chi connectivity index (χ1) is 12.5. The molecule has 1 amide bonds. The Morgan fingerprint density at radius 2 is 2.00 bits per heavy atom. The molecule has 2 aromatic rings. The number of rotatable bonds is 8. The second-order valence-electron chi connectivity index (χ2n) is 5.65. The fourth-order valence-electron chi connectivity index (χ4n) is 2.30. The van der Waals surface area contributed by atoms with E-state index in [1.54, 1.807) is 43.3 Å². The number of carbonyl (C=O) groups is 1. The summed E-state index contributed by atoms with van der Waals surface area (Å²) < 4.78 is 18.8. The fraction of sp³-hybridized carbons (Fsp3) is 0.263. The van der Waals surface area contributed by atoms with Gasteiger partial charge in [-0.15, -0.1) is 0 Å². The molecule has 138 valence electrons. The molecule has 1 unspecified atom stereocenters. The van der Waals surface area contributed by atoms with Gasteiger partial charge in [0.05, 0.1) is 12.3 Å². The van der Waals surface area contributed by atoms with Gasteiger partial charge in [0.25, 0.3) is 0 Å². The van der Waals surface area contributed by atoms with E-state index in [-0.39, 0.29) is 19.0 Å². The van der Waals surface area contributed by atoms with E-state index in [0.717, 1.165) is 11.1 Å². The Balaban J connectivity index is 1.97. The summed E-state index contributed by atoms with van der Waals surface area (Å²) in [4.78, 5) is 17.3. The third-order valence-corrected chi connectivity index (χ3v) is 3.69. The maximum Gasteiger partial charge on any atom is 0.408 e. The smallest absolute Gasteiger partial charge is 0.408 e. The van der Waals surface area contributed by atoms with Gasteiger partial charge in [0, 0.05) is 6.54 Å². The van der Waals surface area contributed by atoms with Crippen LogP contribution in [0.2, 0.25) is 0 Å². The molecule has 0 aromatic heterocycles. The Labute approximate surface area is 151 Å². The molecule has 0 bridgehead atoms. The van der Waals surface area contributed by atoms with Gasteiger partial charge in [-0.3, -0.25) is 4.90 Å². The second kappa shape index (κ2) is 9.41. The summed E-state index contributed by atoms with van der Waals surface area (Å²) in [5.41, 5.74) is 1.54. The van der Waals surface area contributed by atoms with Crippen molar-refractivity contribution in [2.45, 2.75) is 26.1 Å². The van der Waals surface area contributed by atoms with Crippen molar-refractivity contribution in [1.82, 2.24) is 4.90 Å². The number of hydrogen-bond acceptors (Lipinski definition) is 4. The molecule has 0 saturated heterocycles. The van der Waals surface area contributed by atoms with E-state index in [2.05, 4.69) is 9.99 Å². The highest BCUT2D eigenvalue weighted by Crippen LogP contribution is 2.16. The lowest BCUT2D eigenvalue weighted by atomic mass is 10.2. The predicted octanol–water partition coefficient (Wildman–Crippen LogP) is 3.91. The Hall–Kier alpha value is -3.09. The highest BCUT2D eigenvalue weighted by Gasteiger charge is 2.18. The normalized spacial score (nSPS) is 12.0. The molecule has 7 heteroatoms. The van der Waals surface area contributed by atoms with Crippen LogP contribution in [0.3, 0.4) is 0 Å². The summed E-state index contributed by atoms with van der Waals surface area (Å²) in [5.74, 6) is 0.315. The molecule has 26 heavy (non-hydrogen) atoms. The quantitative estimate of drug-likeness (QED) is 0.572. The molecular weight excluding hydrogens is 339 g/mol. The van der Waals surface area contributed by atoms with Crippen molar-refractivity contribution in [3.05, 3.63) is 65.5 Å². The van der Waals surface area contributed by atoms with Crippen molar-refractivity contribution in [2.24, 2.45) is 5.16 Å². The van der Waals surface area contributed by atoms with Gasteiger partial charge in [-0.25, -0.2) is 9.18 Å². The summed E-state index contributed by atoms with van der Waals surface area (Å²) in [5, 5.41) is 13.0. The van der Waals surface area contributed by atoms with Crippen LogP contribution >= 0.6 is 0 Å². The second-order valence-corrected chi connectivity index (χ2v) is 5.65. The highest BCUT2D eigenvalue weighted by molar-refractivity contribution is 5.73. The van der Waals surface area contributed by atoms with E-state index in [9.17, 15) is 14.3 Å². The van der Waals surface area contributed by atoms with Gasteiger partial charge in [-0.1, -0.05) is 29.4 Å². The molecule has 0 aliphatic carbocycles. The van der Waals surface area contributed by atoms with Gasteiger partial charge in [0.15, 0.2) is 0 Å². The fourth-order valence-corrected chi connectivity index (χ4v) is 2.30. The first kappa shape index (κ1) is 19.2. The number of nitrogens with zero attached hydrogens (tertiary/aromatic N) is 2. The molecule has 0 heterocycles. The van der Waals surface area contributed by atoms with Crippen LogP contribution in [0.25, 0.3) is 0 Å². The minimum Gasteiger partial charge on any atom is -0.489 e. The van der Waals surface area contributed by atoms with Gasteiger partial charge < -0.3 is 14.7 Å². The predicted molar refractivity (Wildman–Crippen MR) is 95.7 cm³/mol. The van der Waals surface area contributed by atoms with Gasteiger partial charge >= 0.3 is 6.09 Å². The zero-order valence-corrected chi connectivity index (χ0v) is 14.6. The molecular formula is C19H21FN2O4. The van der Waals surface area contributed by atoms with Gasteiger partial charge in [0.1, 0.15) is 25.3 Å². The lowest BCUT2D eigenvalue weighted by molar-refractivity contribution is 0.136. The van der Waals surface area contributed by atoms with E-state index >= 15 is 0 Å². The van der Waals surface area contributed by atoms with Gasteiger partial charge in [-0.05, 0) is 42.3 Å². The van der Waals surface area contributed by atoms with Crippen LogP contribution in [0.5, 0.6) is 5.75 Å². The summed E-state index contributed by atoms with van der Waals surface area (Å²) in [6, 6.07) is 12.9. The van der Waals surface area contributed by atoms with Crippen LogP contribution in [0.15, 0.2) is 53.7 Å². The van der Waals surface area contributed by atoms with Gasteiger partial charge in [-0.2, -0.15) is 0 Å². The molecule has 0 saturated carbocycles. The number of hydrogen-bond donors (Lipinski definition) is 1. The topological polar surface area (TPSA) is 71.4 Å². The molecule has 2 aromatic carbocycles. The molecule has 2 rings (SSSR count). The first-order valence-corrected chi connectivity index (χ1v) is 8.02. The van der Waals surface area contributed by atoms with Crippen LogP contribution in [-0.4, -0.2) is 35.5 Å². The van der Waals surface area contributed by atoms with Crippen molar-refractivity contribution in [3.8, 4) is 5.75 Å². The van der Waals surface area contributed by atoms with Crippen LogP contribution in [0.1, 0.15) is 18.1 Å². The summed E-state index contributed by atoms with van der Waals surface area (Å²) in [6.45, 7) is 2.17. The maximum absolute atomic E-state index is 13.2. The summed E-state index contributed by atoms with van der Waals surface area (Å²) >= 11 is 0. The Kier molecular flexibility index (Phi) is 6.96. The number of ether oxygens (including phenoxy) is 1. The van der Waals surface area contributed by atoms with E-state index < -0.39 is 12.1 Å². The van der Waals surface area contributed by atoms with Gasteiger partial charge in [0.2, 0.25) is 0 Å². The third-order valence-electron chi connectivity index (χ3n) is 3.69. The zero-order chi connectivity index (χ0) is 18.9. The van der Waals surface area contributed by atoms with Crippen molar-refractivity contribution in [2.75, 3.05) is 7.11 Å². The monoisotopic (exact) mass is 360 g/mol. The van der Waals surface area contributed by atoms with Crippen LogP contribution < -0.4 is 4.74 Å². The van der Waals surface area contributed by atoms with Crippen molar-refractivity contribution >= 4 is 12.3 Å². The van der Waals surface area contributed by atoms with Crippen molar-refractivity contribution in [3.63, 3.8) is 0 Å². The molecule has 0 aliphatic heterocycles. The number of oxime groups is 1. The molecule has 0 fully saturated rings. The van der Waals surface area contributed by atoms with Crippen molar-refractivity contribution < 1.29 is 23.9 Å². The number of carboxylic acid groups (broad SMARTS) is 1. The van der Waals surface area contributed by atoms with Crippen LogP contribution in [-0.2, 0) is 18.0 Å². The lowest BCUT2D eigenvalue weighted by Crippen LogP contribution is -2.38. The van der Waals surface area contributed by atoms with Crippen LogP contribution in [0, 0.1) is 5.82 Å². The molecule has 6 nitrogen and oxygen atoms in total. The maximum atomic E-state index is 13.2. The highest BCUT2D eigenvalue weighted by atomic mass is 19.1. The van der Waals surface area contributed by atoms with E-state index in [0.29, 0.717) is 5.75 Å². The molecule has 0 aliphatic rings. The largest absolute Gasteiger partial charge is 0.489 e. The molecule has 0 spiro atoms. The standard InChI is InChI=1S/C19H21FN2O4/c1-14(11-21-25-2)22(19(23)24)12-15-6-8-18(9-7-15)26-13-16-4-3-5-17(20)10-16/h3-11,14H,12-13H2,1-2H3,(H,23,24). The lowest BCUT2D eigenvalue weighted by Gasteiger charge is -2.23. The Morgan fingerprint density at radius 1 is 1.27 bits per heavy atom. The summed E-state index contributed by atoms with van der Waals surface area (Å²) in [6.07, 6.45) is 0.372. The first-order valence-electron chi connectivity index (χ1n) is 8.02. The molecule has 1 atom stereocenters. The van der Waals surface area contributed by atoms with E-state index in [1.165, 1.54) is 30.4 Å². The average molecular weight is 360 g/mol. The number of halogens is 1. The van der Waals surface area contributed by atoms with E-state index in [4.69, 9.17) is 4.74 Å². The van der Waals surface area contributed by atoms with Crippen molar-refractivity contribution in [1.29, 1.82) is 0 Å². The molecule has 1 N–H and O–H groups in total. The summed E-state index contributed by atoms with van der Waals surface area (Å²) in [7, 11) is 1.40. The number of amides is 1. The third kappa shape index (κ3) is 5.77. The van der Waals surface area contributed by atoms with Crippen LogP contribution in [0.4, 0.5) is 9.18 Å². The zero-order valence-electron chi connectivity index (χ0n) is 14.6. The number of benzene rings is 2. The Bertz CT molecular complexity index is 749. The Morgan fingerprint density at radius 3 is 2.62 bits per heavy atom. The SMILES string of the molecule is CON=CC(C)N(Cc1ccc(OCc2cccc(F)c2)cc1)C(=O)O. The minimum atomic E-state index is -1.05.